The highest BCUT2D eigenvalue weighted by Crippen LogP contribution is 2.36. The summed E-state index contributed by atoms with van der Waals surface area (Å²) in [6, 6.07) is 1.50. The minimum Gasteiger partial charge on any atom is -0.372 e. The van der Waals surface area contributed by atoms with Crippen molar-refractivity contribution in [2.24, 2.45) is 0 Å². The molecule has 6 heteroatoms. The standard InChI is InChI=1S/C6H3Cl4OP/c7-2-1-3(12-11)5(9)6(10)4(2)8/h1,11-12H. The molecular formula is C6H3Cl4OP. The van der Waals surface area contributed by atoms with Crippen molar-refractivity contribution in [3.63, 3.8) is 0 Å². The maximum absolute atomic E-state index is 8.84. The Balaban J connectivity index is 3.39. The van der Waals surface area contributed by atoms with Crippen molar-refractivity contribution >= 4 is 60.5 Å². The van der Waals surface area contributed by atoms with Gasteiger partial charge in [0, 0.05) is 14.1 Å². The summed E-state index contributed by atoms with van der Waals surface area (Å²) >= 11 is 22.8. The van der Waals surface area contributed by atoms with Gasteiger partial charge in [-0.25, -0.2) is 0 Å². The largest absolute Gasteiger partial charge is 0.372 e. The molecule has 0 saturated carbocycles. The second-order valence-electron chi connectivity index (χ2n) is 1.96. The minimum absolute atomic E-state index is 0.183. The van der Waals surface area contributed by atoms with E-state index in [2.05, 4.69) is 0 Å². The van der Waals surface area contributed by atoms with Gasteiger partial charge in [-0.2, -0.15) is 0 Å². The molecule has 1 aromatic rings. The third-order valence-corrected chi connectivity index (χ3v) is 3.77. The summed E-state index contributed by atoms with van der Waals surface area (Å²) < 4.78 is 0. The monoisotopic (exact) mass is 262 g/mol. The lowest BCUT2D eigenvalue weighted by molar-refractivity contribution is 0.655. The normalized spacial score (nSPS) is 11.4. The molecular weight excluding hydrogens is 261 g/mol. The Hall–Kier alpha value is 0.770. The first kappa shape index (κ1) is 10.8. The van der Waals surface area contributed by atoms with Crippen LogP contribution in [-0.2, 0) is 0 Å². The molecule has 0 aliphatic carbocycles. The molecule has 1 rings (SSSR count). The first-order chi connectivity index (χ1) is 5.57. The number of halogens is 4. The second-order valence-corrected chi connectivity index (χ2v) is 4.26. The average molecular weight is 264 g/mol. The molecule has 0 radical (unpaired) electrons. The molecule has 0 saturated heterocycles. The van der Waals surface area contributed by atoms with Gasteiger partial charge in [0.25, 0.3) is 0 Å². The maximum atomic E-state index is 8.84. The van der Waals surface area contributed by atoms with Crippen LogP contribution in [0.4, 0.5) is 0 Å². The van der Waals surface area contributed by atoms with Crippen molar-refractivity contribution in [2.75, 3.05) is 0 Å². The maximum Gasteiger partial charge on any atom is 0.0801 e. The quantitative estimate of drug-likeness (QED) is 0.467. The lowest BCUT2D eigenvalue weighted by Crippen LogP contribution is -1.97. The summed E-state index contributed by atoms with van der Waals surface area (Å²) in [6.45, 7) is 0. The zero-order chi connectivity index (χ0) is 9.30. The Bertz CT molecular complexity index is 315. The van der Waals surface area contributed by atoms with E-state index in [0.717, 1.165) is 0 Å². The van der Waals surface area contributed by atoms with Crippen LogP contribution >= 0.6 is 55.2 Å². The Kier molecular flexibility index (Phi) is 3.91. The predicted octanol–water partition coefficient (Wildman–Crippen LogP) is 3.51. The van der Waals surface area contributed by atoms with Gasteiger partial charge in [0.05, 0.1) is 20.1 Å². The predicted molar refractivity (Wildman–Crippen MR) is 56.6 cm³/mol. The molecule has 0 fully saturated rings. The molecule has 0 aromatic heterocycles. The molecule has 1 unspecified atom stereocenters. The summed E-state index contributed by atoms with van der Waals surface area (Å²) in [6.07, 6.45) is 0. The van der Waals surface area contributed by atoms with E-state index in [1.807, 2.05) is 0 Å². The molecule has 0 bridgehead atoms. The van der Waals surface area contributed by atoms with Gasteiger partial charge in [0.15, 0.2) is 0 Å². The second kappa shape index (κ2) is 4.32. The molecule has 0 amide bonds. The SMILES string of the molecule is OPc1cc(Cl)c(Cl)c(Cl)c1Cl. The first-order valence-electron chi connectivity index (χ1n) is 2.81. The van der Waals surface area contributed by atoms with E-state index in [9.17, 15) is 0 Å². The van der Waals surface area contributed by atoms with Crippen molar-refractivity contribution in [3.05, 3.63) is 26.2 Å². The fourth-order valence-electron chi connectivity index (χ4n) is 0.654. The summed E-state index contributed by atoms with van der Waals surface area (Å²) in [4.78, 5) is 8.84. The topological polar surface area (TPSA) is 20.2 Å². The van der Waals surface area contributed by atoms with Crippen LogP contribution in [0.1, 0.15) is 0 Å². The molecule has 0 aliphatic rings. The van der Waals surface area contributed by atoms with Crippen molar-refractivity contribution in [2.45, 2.75) is 0 Å². The van der Waals surface area contributed by atoms with Crippen LogP contribution in [0, 0.1) is 0 Å². The fraction of sp³-hybridized carbons (Fsp3) is 0. The molecule has 0 aliphatic heterocycles. The van der Waals surface area contributed by atoms with Crippen LogP contribution in [-0.4, -0.2) is 4.89 Å². The van der Waals surface area contributed by atoms with Gasteiger partial charge >= 0.3 is 0 Å². The summed E-state index contributed by atoms with van der Waals surface area (Å²) in [5, 5.41) is 1.44. The van der Waals surface area contributed by atoms with E-state index in [-0.39, 0.29) is 15.1 Å². The van der Waals surface area contributed by atoms with E-state index in [0.29, 0.717) is 10.3 Å². The van der Waals surface area contributed by atoms with Crippen molar-refractivity contribution in [1.29, 1.82) is 0 Å². The van der Waals surface area contributed by atoms with E-state index in [1.165, 1.54) is 6.07 Å². The zero-order valence-electron chi connectivity index (χ0n) is 5.54. The molecule has 1 atom stereocenters. The van der Waals surface area contributed by atoms with Crippen molar-refractivity contribution in [3.8, 4) is 0 Å². The van der Waals surface area contributed by atoms with Gasteiger partial charge in [-0.1, -0.05) is 46.4 Å². The average Bonchev–Trinajstić information content (AvgIpc) is 2.08. The minimum atomic E-state index is -0.441. The summed E-state index contributed by atoms with van der Waals surface area (Å²) in [7, 11) is -0.441. The van der Waals surface area contributed by atoms with Crippen LogP contribution in [0.25, 0.3) is 0 Å². The molecule has 1 N–H and O–H groups in total. The number of benzene rings is 1. The zero-order valence-corrected chi connectivity index (χ0v) is 9.56. The smallest absolute Gasteiger partial charge is 0.0801 e. The van der Waals surface area contributed by atoms with Gasteiger partial charge < -0.3 is 4.89 Å². The third kappa shape index (κ3) is 1.98. The molecule has 0 heterocycles. The van der Waals surface area contributed by atoms with Crippen LogP contribution in [0.15, 0.2) is 6.07 Å². The van der Waals surface area contributed by atoms with Crippen LogP contribution in [0.2, 0.25) is 20.1 Å². The Morgan fingerprint density at radius 3 is 2.08 bits per heavy atom. The molecule has 1 nitrogen and oxygen atoms in total. The molecule has 12 heavy (non-hydrogen) atoms. The van der Waals surface area contributed by atoms with Gasteiger partial charge in [-0.3, -0.25) is 0 Å². The van der Waals surface area contributed by atoms with Crippen molar-refractivity contribution < 1.29 is 4.89 Å². The van der Waals surface area contributed by atoms with Gasteiger partial charge in [0.2, 0.25) is 0 Å². The first-order valence-corrected chi connectivity index (χ1v) is 5.27. The van der Waals surface area contributed by atoms with Gasteiger partial charge in [0.1, 0.15) is 0 Å². The summed E-state index contributed by atoms with van der Waals surface area (Å²) in [5.41, 5.74) is 0. The lowest BCUT2D eigenvalue weighted by Gasteiger charge is -2.05. The van der Waals surface area contributed by atoms with E-state index in [4.69, 9.17) is 51.3 Å². The van der Waals surface area contributed by atoms with Crippen LogP contribution < -0.4 is 5.30 Å². The van der Waals surface area contributed by atoms with Gasteiger partial charge in [-0.05, 0) is 6.07 Å². The van der Waals surface area contributed by atoms with E-state index >= 15 is 0 Å². The van der Waals surface area contributed by atoms with E-state index < -0.39 is 8.81 Å². The fourth-order valence-corrected chi connectivity index (χ4v) is 2.19. The number of rotatable bonds is 1. The summed E-state index contributed by atoms with van der Waals surface area (Å²) in [5.74, 6) is 0. The van der Waals surface area contributed by atoms with E-state index in [1.54, 1.807) is 0 Å². The van der Waals surface area contributed by atoms with Crippen LogP contribution in [0.5, 0.6) is 0 Å². The highest BCUT2D eigenvalue weighted by atomic mass is 35.5. The Labute approximate surface area is 91.4 Å². The lowest BCUT2D eigenvalue weighted by atomic mass is 10.3. The Morgan fingerprint density at radius 1 is 1.00 bits per heavy atom. The number of hydrogen-bond donors (Lipinski definition) is 1. The number of hydrogen-bond acceptors (Lipinski definition) is 1. The molecule has 66 valence electrons. The third-order valence-electron chi connectivity index (χ3n) is 1.22. The van der Waals surface area contributed by atoms with Crippen molar-refractivity contribution in [1.82, 2.24) is 0 Å². The highest BCUT2D eigenvalue weighted by Gasteiger charge is 2.12. The highest BCUT2D eigenvalue weighted by molar-refractivity contribution is 7.41. The molecule has 1 aromatic carbocycles. The van der Waals surface area contributed by atoms with Gasteiger partial charge in [-0.15, -0.1) is 0 Å². The van der Waals surface area contributed by atoms with Crippen LogP contribution in [0.3, 0.4) is 0 Å². The molecule has 0 spiro atoms. The Morgan fingerprint density at radius 2 is 1.58 bits per heavy atom.